The van der Waals surface area contributed by atoms with Gasteiger partial charge in [-0.25, -0.2) is 14.2 Å². The minimum absolute atomic E-state index is 0.0523. The number of hydrogen-bond donors (Lipinski definition) is 2. The number of aromatic nitrogens is 2. The summed E-state index contributed by atoms with van der Waals surface area (Å²) in [6, 6.07) is 22.1. The van der Waals surface area contributed by atoms with Crippen LogP contribution in [0.4, 0.5) is 10.2 Å². The van der Waals surface area contributed by atoms with Gasteiger partial charge in [0.05, 0.1) is 55.0 Å². The lowest BCUT2D eigenvalue weighted by atomic mass is 9.92. The highest BCUT2D eigenvalue weighted by molar-refractivity contribution is 5.80. The van der Waals surface area contributed by atoms with E-state index in [9.17, 15) is 15.0 Å². The maximum absolute atomic E-state index is 15.1. The van der Waals surface area contributed by atoms with Gasteiger partial charge in [-0.2, -0.15) is 0 Å². The van der Waals surface area contributed by atoms with Crippen molar-refractivity contribution in [3.63, 3.8) is 0 Å². The number of piperidine rings is 1. The topological polar surface area (TPSA) is 115 Å². The summed E-state index contributed by atoms with van der Waals surface area (Å²) in [7, 11) is 0. The molecule has 2 atom stereocenters. The van der Waals surface area contributed by atoms with E-state index in [1.54, 1.807) is 31.2 Å². The number of aryl methyl sites for hydroxylation is 2. The largest absolute Gasteiger partial charge is 0.507 e. The van der Waals surface area contributed by atoms with Crippen LogP contribution in [0.1, 0.15) is 75.8 Å². The standard InChI is InChI=1S/C45H54FN3O7/c1-29-22-35(46)40(37(50)23-29)34-15-11-14-33(25-34)36-26-49-38(47-36)24-30(2)39(41(43(51)52)56-44(4,5)6)42(49)48-18-16-45(7,17-19-48)55-21-20-53-27-31(3)54-28-32-12-9-8-10-13-32/h8-15,22-26,31,41,50H,16-21,27-28H2,1-7H3,(H,51,52). The third-order valence-electron chi connectivity index (χ3n) is 10.1. The van der Waals surface area contributed by atoms with Gasteiger partial charge >= 0.3 is 5.97 Å². The number of imidazole rings is 1. The fraction of sp³-hybridized carbons (Fsp3) is 0.422. The number of phenols is 1. The lowest BCUT2D eigenvalue weighted by Gasteiger charge is -2.41. The van der Waals surface area contributed by atoms with Crippen LogP contribution in [0.5, 0.6) is 5.75 Å². The van der Waals surface area contributed by atoms with Gasteiger partial charge in [-0.05, 0) is 108 Å². The number of pyridine rings is 1. The fourth-order valence-corrected chi connectivity index (χ4v) is 7.25. The van der Waals surface area contributed by atoms with E-state index < -0.39 is 29.1 Å². The summed E-state index contributed by atoms with van der Waals surface area (Å²) in [4.78, 5) is 20.1. The molecule has 2 aromatic heterocycles. The first-order valence-corrected chi connectivity index (χ1v) is 19.3. The Morgan fingerprint density at radius 3 is 2.38 bits per heavy atom. The van der Waals surface area contributed by atoms with Crippen LogP contribution < -0.4 is 4.90 Å². The molecule has 0 radical (unpaired) electrons. The zero-order valence-electron chi connectivity index (χ0n) is 33.5. The van der Waals surface area contributed by atoms with Crippen molar-refractivity contribution in [1.82, 2.24) is 9.38 Å². The predicted molar refractivity (Wildman–Crippen MR) is 216 cm³/mol. The summed E-state index contributed by atoms with van der Waals surface area (Å²) in [5.74, 6) is -1.03. The normalized spacial score (nSPS) is 15.6. The Balaban J connectivity index is 1.23. The number of aromatic hydroxyl groups is 1. The molecule has 11 heteroatoms. The predicted octanol–water partition coefficient (Wildman–Crippen LogP) is 9.07. The number of nitrogens with zero attached hydrogens (tertiary/aromatic N) is 3. The molecule has 0 bridgehead atoms. The SMILES string of the molecule is Cc1cc(O)c(-c2cccc(-c3cn4c(N5CCC(C)(OCCOCC(C)OCc6ccccc6)CC5)c(C(OC(C)(C)C)C(=O)O)c(C)cc4n3)c2)c(F)c1. The molecule has 298 valence electrons. The van der Waals surface area contributed by atoms with Gasteiger partial charge in [0.2, 0.25) is 0 Å². The number of rotatable bonds is 15. The van der Waals surface area contributed by atoms with Gasteiger partial charge in [0.25, 0.3) is 0 Å². The van der Waals surface area contributed by atoms with E-state index in [-0.39, 0.29) is 17.4 Å². The minimum Gasteiger partial charge on any atom is -0.507 e. The molecule has 56 heavy (non-hydrogen) atoms. The maximum atomic E-state index is 15.1. The molecule has 2 N–H and O–H groups in total. The maximum Gasteiger partial charge on any atom is 0.337 e. The Hall–Kier alpha value is -4.81. The van der Waals surface area contributed by atoms with E-state index in [0.717, 1.165) is 16.7 Å². The molecule has 6 rings (SSSR count). The van der Waals surface area contributed by atoms with Gasteiger partial charge < -0.3 is 34.1 Å². The summed E-state index contributed by atoms with van der Waals surface area (Å²) in [5, 5.41) is 21.2. The Morgan fingerprint density at radius 1 is 0.982 bits per heavy atom. The van der Waals surface area contributed by atoms with Crippen LogP contribution in [0.15, 0.2) is 79.0 Å². The Kier molecular flexibility index (Phi) is 12.5. The molecule has 1 saturated heterocycles. The number of carbonyl (C=O) groups is 1. The number of hydrogen-bond acceptors (Lipinski definition) is 8. The molecule has 0 saturated carbocycles. The molecular weight excluding hydrogens is 714 g/mol. The summed E-state index contributed by atoms with van der Waals surface area (Å²) >= 11 is 0. The molecule has 0 aliphatic carbocycles. The Labute approximate surface area is 328 Å². The van der Waals surface area contributed by atoms with Crippen molar-refractivity contribution in [2.24, 2.45) is 0 Å². The van der Waals surface area contributed by atoms with Crippen molar-refractivity contribution in [3.8, 4) is 28.1 Å². The molecule has 0 amide bonds. The van der Waals surface area contributed by atoms with Gasteiger partial charge in [-0.1, -0.05) is 48.5 Å². The second kappa shape index (κ2) is 17.1. The van der Waals surface area contributed by atoms with Crippen molar-refractivity contribution < 1.29 is 38.3 Å². The molecule has 2 unspecified atom stereocenters. The van der Waals surface area contributed by atoms with Crippen LogP contribution in [0.2, 0.25) is 0 Å². The van der Waals surface area contributed by atoms with Crippen molar-refractivity contribution in [1.29, 1.82) is 0 Å². The fourth-order valence-electron chi connectivity index (χ4n) is 7.25. The second-order valence-electron chi connectivity index (χ2n) is 16.1. The van der Waals surface area contributed by atoms with Crippen LogP contribution in [-0.2, 0) is 30.3 Å². The third-order valence-corrected chi connectivity index (χ3v) is 10.1. The highest BCUT2D eigenvalue weighted by Crippen LogP contribution is 2.40. The zero-order valence-corrected chi connectivity index (χ0v) is 33.5. The smallest absolute Gasteiger partial charge is 0.337 e. The van der Waals surface area contributed by atoms with Gasteiger partial charge in [-0.3, -0.25) is 4.40 Å². The number of benzene rings is 3. The quantitative estimate of drug-likeness (QED) is 0.101. The van der Waals surface area contributed by atoms with Gasteiger partial charge in [0.15, 0.2) is 6.10 Å². The van der Waals surface area contributed by atoms with Gasteiger partial charge in [-0.15, -0.1) is 0 Å². The molecule has 1 aliphatic rings. The molecule has 0 spiro atoms. The second-order valence-corrected chi connectivity index (χ2v) is 16.1. The number of phenolic OH excluding ortho intramolecular Hbond substituents is 1. The summed E-state index contributed by atoms with van der Waals surface area (Å²) < 4.78 is 41.5. The molecule has 3 heterocycles. The summed E-state index contributed by atoms with van der Waals surface area (Å²) in [6.45, 7) is 16.4. The van der Waals surface area contributed by atoms with E-state index >= 15 is 4.39 Å². The molecular formula is C45H54FN3O7. The first-order chi connectivity index (χ1) is 26.6. The van der Waals surface area contributed by atoms with Crippen LogP contribution >= 0.6 is 0 Å². The molecule has 10 nitrogen and oxygen atoms in total. The van der Waals surface area contributed by atoms with Gasteiger partial charge in [0.1, 0.15) is 23.0 Å². The monoisotopic (exact) mass is 767 g/mol. The van der Waals surface area contributed by atoms with E-state index in [2.05, 4.69) is 11.8 Å². The average Bonchev–Trinajstić information content (AvgIpc) is 3.56. The van der Waals surface area contributed by atoms with E-state index in [4.69, 9.17) is 23.9 Å². The van der Waals surface area contributed by atoms with Crippen LogP contribution in [0.3, 0.4) is 0 Å². The van der Waals surface area contributed by atoms with E-state index in [1.807, 2.05) is 87.7 Å². The molecule has 3 aromatic carbocycles. The van der Waals surface area contributed by atoms with Gasteiger partial charge in [0, 0.05) is 30.4 Å². The molecule has 1 fully saturated rings. The molecule has 1 aliphatic heterocycles. The highest BCUT2D eigenvalue weighted by Gasteiger charge is 2.37. The Morgan fingerprint density at radius 2 is 1.70 bits per heavy atom. The van der Waals surface area contributed by atoms with Crippen molar-refractivity contribution in [2.45, 2.75) is 91.3 Å². The van der Waals surface area contributed by atoms with Crippen LogP contribution in [0.25, 0.3) is 28.0 Å². The first-order valence-electron chi connectivity index (χ1n) is 19.3. The lowest BCUT2D eigenvalue weighted by molar-refractivity contribution is -0.160. The van der Waals surface area contributed by atoms with Crippen LogP contribution in [-0.4, -0.2) is 75.8 Å². The van der Waals surface area contributed by atoms with Crippen LogP contribution in [0, 0.1) is 19.7 Å². The number of ether oxygens (including phenoxy) is 4. The number of carboxylic acid groups (broad SMARTS) is 1. The average molecular weight is 768 g/mol. The van der Waals surface area contributed by atoms with E-state index in [1.165, 1.54) is 6.07 Å². The van der Waals surface area contributed by atoms with Crippen molar-refractivity contribution >= 4 is 17.4 Å². The summed E-state index contributed by atoms with van der Waals surface area (Å²) in [5.41, 5.74) is 4.52. The third kappa shape index (κ3) is 9.76. The zero-order chi connectivity index (χ0) is 40.2. The molecule has 5 aromatic rings. The number of carboxylic acids is 1. The van der Waals surface area contributed by atoms with Crippen molar-refractivity contribution in [2.75, 3.05) is 37.8 Å². The first kappa shape index (κ1) is 40.8. The number of halogens is 1. The minimum atomic E-state index is -1.24. The summed E-state index contributed by atoms with van der Waals surface area (Å²) in [6.07, 6.45) is 2.00. The number of fused-ring (bicyclic) bond motifs is 1. The van der Waals surface area contributed by atoms with E-state index in [0.29, 0.717) is 86.2 Å². The number of aliphatic carboxylic acids is 1. The van der Waals surface area contributed by atoms with Crippen molar-refractivity contribution in [3.05, 3.63) is 107 Å². The Bertz CT molecular complexity index is 2110. The lowest BCUT2D eigenvalue weighted by Crippen LogP contribution is -2.46. The highest BCUT2D eigenvalue weighted by atomic mass is 19.1. The number of anilines is 1.